The molecule has 0 aromatic heterocycles. The number of carboxylic acids is 1. The van der Waals surface area contributed by atoms with Crippen molar-refractivity contribution in [3.63, 3.8) is 0 Å². The summed E-state index contributed by atoms with van der Waals surface area (Å²) in [6, 6.07) is 10.1. The summed E-state index contributed by atoms with van der Waals surface area (Å²) in [5, 5.41) is 16.7. The van der Waals surface area contributed by atoms with Crippen LogP contribution in [-0.2, 0) is 0 Å². The van der Waals surface area contributed by atoms with Crippen molar-refractivity contribution in [3.05, 3.63) is 65.0 Å². The number of nitrogen functional groups attached to an aromatic ring is 1. The van der Waals surface area contributed by atoms with E-state index in [0.29, 0.717) is 11.3 Å². The van der Waals surface area contributed by atoms with Crippen molar-refractivity contribution in [1.82, 2.24) is 0 Å². The fraction of sp³-hybridized carbons (Fsp3) is 0. The number of carbonyl (C=O) groups is 1. The topological polar surface area (TPSA) is 87.2 Å². The second-order valence-corrected chi connectivity index (χ2v) is 3.96. The number of anilines is 1. The first kappa shape index (κ1) is 12.8. The van der Waals surface area contributed by atoms with Gasteiger partial charge in [0.15, 0.2) is 0 Å². The molecule has 0 saturated carbocycles. The van der Waals surface area contributed by atoms with Gasteiger partial charge < -0.3 is 10.8 Å². The van der Waals surface area contributed by atoms with Gasteiger partial charge in [-0.3, -0.25) is 5.41 Å². The highest BCUT2D eigenvalue weighted by atomic mass is 19.1. The molecule has 0 atom stereocenters. The number of carboxylic acid groups (broad SMARTS) is 1. The predicted molar refractivity (Wildman–Crippen MR) is 70.1 cm³/mol. The largest absolute Gasteiger partial charge is 0.478 e. The highest BCUT2D eigenvalue weighted by Gasteiger charge is 2.14. The molecular weight excluding hydrogens is 247 g/mol. The third kappa shape index (κ3) is 2.44. The zero-order chi connectivity index (χ0) is 14.0. The van der Waals surface area contributed by atoms with Crippen LogP contribution in [0.2, 0.25) is 0 Å². The van der Waals surface area contributed by atoms with Crippen LogP contribution < -0.4 is 5.73 Å². The fourth-order valence-corrected chi connectivity index (χ4v) is 1.72. The number of hydrogen-bond acceptors (Lipinski definition) is 3. The van der Waals surface area contributed by atoms with E-state index in [9.17, 15) is 9.18 Å². The van der Waals surface area contributed by atoms with Gasteiger partial charge in [-0.15, -0.1) is 0 Å². The molecule has 2 aromatic rings. The standard InChI is InChI=1S/C14H11FN2O2/c15-11-7-8(14(18)19)5-6-9(11)13(17)10-3-1-2-4-12(10)16/h1-7,17H,16H2,(H,18,19). The number of aromatic carboxylic acids is 1. The quantitative estimate of drug-likeness (QED) is 0.584. The molecule has 0 unspecified atom stereocenters. The number of para-hydroxylation sites is 1. The van der Waals surface area contributed by atoms with Crippen LogP contribution in [0.4, 0.5) is 10.1 Å². The fourth-order valence-electron chi connectivity index (χ4n) is 1.72. The third-order valence-electron chi connectivity index (χ3n) is 2.72. The zero-order valence-electron chi connectivity index (χ0n) is 9.85. The van der Waals surface area contributed by atoms with Gasteiger partial charge in [0.05, 0.1) is 11.3 Å². The van der Waals surface area contributed by atoms with Crippen molar-refractivity contribution in [3.8, 4) is 0 Å². The van der Waals surface area contributed by atoms with Crippen LogP contribution in [0.25, 0.3) is 0 Å². The van der Waals surface area contributed by atoms with Crippen LogP contribution in [0.5, 0.6) is 0 Å². The molecule has 5 heteroatoms. The van der Waals surface area contributed by atoms with Gasteiger partial charge in [0, 0.05) is 16.8 Å². The van der Waals surface area contributed by atoms with Crippen LogP contribution in [0.3, 0.4) is 0 Å². The number of benzene rings is 2. The molecule has 0 amide bonds. The molecule has 0 heterocycles. The number of nitrogens with two attached hydrogens (primary N) is 1. The minimum atomic E-state index is -1.21. The van der Waals surface area contributed by atoms with Crippen molar-refractivity contribution >= 4 is 17.4 Å². The Balaban J connectivity index is 2.46. The second kappa shape index (κ2) is 4.89. The molecule has 19 heavy (non-hydrogen) atoms. The highest BCUT2D eigenvalue weighted by molar-refractivity contribution is 6.14. The summed E-state index contributed by atoms with van der Waals surface area (Å²) in [5.41, 5.74) is 6.29. The summed E-state index contributed by atoms with van der Waals surface area (Å²) >= 11 is 0. The molecule has 0 saturated heterocycles. The molecule has 4 nitrogen and oxygen atoms in total. The van der Waals surface area contributed by atoms with Crippen molar-refractivity contribution in [2.75, 3.05) is 5.73 Å². The van der Waals surface area contributed by atoms with Crippen LogP contribution in [0, 0.1) is 11.2 Å². The molecule has 0 fully saturated rings. The van der Waals surface area contributed by atoms with Gasteiger partial charge in [0.1, 0.15) is 5.82 Å². The SMILES string of the molecule is N=C(c1ccccc1N)c1ccc(C(=O)O)cc1F. The van der Waals surface area contributed by atoms with Gasteiger partial charge in [-0.2, -0.15) is 0 Å². The van der Waals surface area contributed by atoms with Crippen LogP contribution >= 0.6 is 0 Å². The molecule has 2 rings (SSSR count). The minimum absolute atomic E-state index is 0.0166. The first-order valence-corrected chi connectivity index (χ1v) is 5.47. The van der Waals surface area contributed by atoms with Crippen molar-refractivity contribution in [1.29, 1.82) is 5.41 Å². The van der Waals surface area contributed by atoms with E-state index in [0.717, 1.165) is 6.07 Å². The summed E-state index contributed by atoms with van der Waals surface area (Å²) in [6.45, 7) is 0. The lowest BCUT2D eigenvalue weighted by Crippen LogP contribution is -2.08. The van der Waals surface area contributed by atoms with Crippen molar-refractivity contribution in [2.24, 2.45) is 0 Å². The summed E-state index contributed by atoms with van der Waals surface area (Å²) in [6.07, 6.45) is 0. The molecular formula is C14H11FN2O2. The number of halogens is 1. The van der Waals surface area contributed by atoms with E-state index < -0.39 is 11.8 Å². The lowest BCUT2D eigenvalue weighted by atomic mass is 9.99. The Hall–Kier alpha value is -2.69. The van der Waals surface area contributed by atoms with E-state index in [2.05, 4.69) is 0 Å². The summed E-state index contributed by atoms with van der Waals surface area (Å²) in [5.74, 6) is -1.97. The van der Waals surface area contributed by atoms with Gasteiger partial charge in [0.25, 0.3) is 0 Å². The van der Waals surface area contributed by atoms with Crippen LogP contribution in [-0.4, -0.2) is 16.8 Å². The highest BCUT2D eigenvalue weighted by Crippen LogP contribution is 2.19. The molecule has 0 aliphatic heterocycles. The minimum Gasteiger partial charge on any atom is -0.478 e. The lowest BCUT2D eigenvalue weighted by molar-refractivity contribution is 0.0696. The normalized spacial score (nSPS) is 10.2. The maximum absolute atomic E-state index is 13.8. The number of hydrogen-bond donors (Lipinski definition) is 3. The third-order valence-corrected chi connectivity index (χ3v) is 2.72. The lowest BCUT2D eigenvalue weighted by Gasteiger charge is -2.09. The van der Waals surface area contributed by atoms with Gasteiger partial charge in [-0.1, -0.05) is 18.2 Å². The first-order chi connectivity index (χ1) is 9.00. The van der Waals surface area contributed by atoms with E-state index in [1.54, 1.807) is 24.3 Å². The Morgan fingerprint density at radius 3 is 2.42 bits per heavy atom. The monoisotopic (exact) mass is 258 g/mol. The van der Waals surface area contributed by atoms with Crippen LogP contribution in [0.1, 0.15) is 21.5 Å². The van der Waals surface area contributed by atoms with Gasteiger partial charge in [-0.25, -0.2) is 9.18 Å². The van der Waals surface area contributed by atoms with E-state index in [-0.39, 0.29) is 16.8 Å². The van der Waals surface area contributed by atoms with E-state index in [4.69, 9.17) is 16.2 Å². The maximum Gasteiger partial charge on any atom is 0.335 e. The smallest absolute Gasteiger partial charge is 0.335 e. The average molecular weight is 258 g/mol. The molecule has 96 valence electrons. The Labute approximate surface area is 108 Å². The summed E-state index contributed by atoms with van der Waals surface area (Å²) in [7, 11) is 0. The predicted octanol–water partition coefficient (Wildman–Crippen LogP) is 2.52. The Morgan fingerprint density at radius 2 is 1.84 bits per heavy atom. The molecule has 4 N–H and O–H groups in total. The van der Waals surface area contributed by atoms with E-state index in [1.807, 2.05) is 0 Å². The van der Waals surface area contributed by atoms with E-state index in [1.165, 1.54) is 12.1 Å². The molecule has 0 spiro atoms. The molecule has 2 aromatic carbocycles. The van der Waals surface area contributed by atoms with Crippen LogP contribution in [0.15, 0.2) is 42.5 Å². The van der Waals surface area contributed by atoms with Gasteiger partial charge >= 0.3 is 5.97 Å². The molecule has 0 radical (unpaired) electrons. The van der Waals surface area contributed by atoms with Crippen molar-refractivity contribution in [2.45, 2.75) is 0 Å². The second-order valence-electron chi connectivity index (χ2n) is 3.96. The average Bonchev–Trinajstić information content (AvgIpc) is 2.38. The molecule has 0 aliphatic carbocycles. The summed E-state index contributed by atoms with van der Waals surface area (Å²) in [4.78, 5) is 10.7. The number of nitrogens with one attached hydrogen (secondary N) is 1. The number of rotatable bonds is 3. The van der Waals surface area contributed by atoms with Crippen molar-refractivity contribution < 1.29 is 14.3 Å². The maximum atomic E-state index is 13.8. The molecule has 0 aliphatic rings. The Kier molecular flexibility index (Phi) is 3.29. The van der Waals surface area contributed by atoms with Gasteiger partial charge in [0.2, 0.25) is 0 Å². The zero-order valence-corrected chi connectivity index (χ0v) is 9.85. The Bertz CT molecular complexity index is 668. The first-order valence-electron chi connectivity index (χ1n) is 5.47. The van der Waals surface area contributed by atoms with Gasteiger partial charge in [-0.05, 0) is 24.3 Å². The van der Waals surface area contributed by atoms with E-state index >= 15 is 0 Å². The molecule has 0 bridgehead atoms. The Morgan fingerprint density at radius 1 is 1.16 bits per heavy atom. The summed E-state index contributed by atoms with van der Waals surface area (Å²) < 4.78 is 13.8.